The third-order valence-corrected chi connectivity index (χ3v) is 3.18. The Bertz CT molecular complexity index is 380. The van der Waals surface area contributed by atoms with Crippen LogP contribution in [0.4, 0.5) is 10.5 Å². The fourth-order valence-electron chi connectivity index (χ4n) is 1.61. The van der Waals surface area contributed by atoms with Gasteiger partial charge in [0.1, 0.15) is 0 Å². The molecule has 1 aromatic rings. The molecule has 0 aromatic heterocycles. The Labute approximate surface area is 117 Å². The lowest BCUT2D eigenvalue weighted by Crippen LogP contribution is -2.36. The highest BCUT2D eigenvalue weighted by Crippen LogP contribution is 2.15. The maximum absolute atomic E-state index is 11.6. The molecule has 0 fully saturated rings. The van der Waals surface area contributed by atoms with Gasteiger partial charge in [-0.25, -0.2) is 4.79 Å². The summed E-state index contributed by atoms with van der Waals surface area (Å²) in [6.45, 7) is 7.77. The van der Waals surface area contributed by atoms with Gasteiger partial charge in [-0.05, 0) is 31.3 Å². The second kappa shape index (κ2) is 8.11. The van der Waals surface area contributed by atoms with Gasteiger partial charge in [-0.2, -0.15) is 0 Å². The zero-order valence-corrected chi connectivity index (χ0v) is 12.5. The number of halogens is 1. The van der Waals surface area contributed by atoms with Gasteiger partial charge in [0, 0.05) is 23.2 Å². The molecule has 18 heavy (non-hydrogen) atoms. The van der Waals surface area contributed by atoms with E-state index in [0.29, 0.717) is 6.54 Å². The van der Waals surface area contributed by atoms with Crippen LogP contribution in [0, 0.1) is 0 Å². The first kappa shape index (κ1) is 15.0. The van der Waals surface area contributed by atoms with Crippen molar-refractivity contribution in [3.8, 4) is 0 Å². The van der Waals surface area contributed by atoms with Crippen molar-refractivity contribution >= 4 is 27.6 Å². The number of nitrogens with one attached hydrogen (secondary N) is 2. The van der Waals surface area contributed by atoms with Gasteiger partial charge in [0.25, 0.3) is 0 Å². The van der Waals surface area contributed by atoms with Crippen molar-refractivity contribution in [3.05, 3.63) is 28.7 Å². The minimum absolute atomic E-state index is 0.166. The number of likely N-dealkylation sites (N-methyl/N-ethyl adjacent to an activating group) is 1. The van der Waals surface area contributed by atoms with Gasteiger partial charge in [-0.1, -0.05) is 35.8 Å². The van der Waals surface area contributed by atoms with Crippen molar-refractivity contribution < 1.29 is 4.79 Å². The van der Waals surface area contributed by atoms with Gasteiger partial charge < -0.3 is 15.5 Å². The van der Waals surface area contributed by atoms with Crippen molar-refractivity contribution in [2.45, 2.75) is 13.8 Å². The van der Waals surface area contributed by atoms with E-state index in [1.54, 1.807) is 0 Å². The second-order valence-corrected chi connectivity index (χ2v) is 4.83. The Morgan fingerprint density at radius 3 is 2.67 bits per heavy atom. The van der Waals surface area contributed by atoms with Gasteiger partial charge >= 0.3 is 6.03 Å². The molecule has 0 saturated heterocycles. The fourth-order valence-corrected chi connectivity index (χ4v) is 2.01. The highest BCUT2D eigenvalue weighted by Gasteiger charge is 2.03. The zero-order valence-electron chi connectivity index (χ0n) is 10.9. The van der Waals surface area contributed by atoms with E-state index < -0.39 is 0 Å². The molecule has 2 amide bonds. The Morgan fingerprint density at radius 1 is 1.33 bits per heavy atom. The molecule has 2 N–H and O–H groups in total. The molecule has 0 spiro atoms. The first-order valence-electron chi connectivity index (χ1n) is 6.18. The lowest BCUT2D eigenvalue weighted by molar-refractivity contribution is 0.248. The Hall–Kier alpha value is -1.07. The highest BCUT2D eigenvalue weighted by molar-refractivity contribution is 9.10. The maximum atomic E-state index is 11.6. The van der Waals surface area contributed by atoms with E-state index in [4.69, 9.17) is 0 Å². The van der Waals surface area contributed by atoms with Crippen molar-refractivity contribution in [3.63, 3.8) is 0 Å². The third kappa shape index (κ3) is 5.51. The minimum Gasteiger partial charge on any atom is -0.337 e. The van der Waals surface area contributed by atoms with Crippen LogP contribution >= 0.6 is 15.9 Å². The number of hydrogen-bond donors (Lipinski definition) is 2. The monoisotopic (exact) mass is 313 g/mol. The summed E-state index contributed by atoms with van der Waals surface area (Å²) in [6, 6.07) is 7.36. The molecule has 100 valence electrons. The summed E-state index contributed by atoms with van der Waals surface area (Å²) in [6.07, 6.45) is 0. The first-order valence-corrected chi connectivity index (χ1v) is 6.97. The molecule has 4 nitrogen and oxygen atoms in total. The maximum Gasteiger partial charge on any atom is 0.319 e. The topological polar surface area (TPSA) is 44.4 Å². The first-order chi connectivity index (χ1) is 8.65. The predicted octanol–water partition coefficient (Wildman–Crippen LogP) is 2.91. The van der Waals surface area contributed by atoms with E-state index in [9.17, 15) is 4.79 Å². The number of anilines is 1. The molecule has 1 rings (SSSR count). The normalized spacial score (nSPS) is 10.4. The number of carbonyl (C=O) groups is 1. The SMILES string of the molecule is CCN(CC)CCNC(=O)Nc1cccc(Br)c1. The van der Waals surface area contributed by atoms with Gasteiger partial charge in [0.05, 0.1) is 0 Å². The zero-order chi connectivity index (χ0) is 13.4. The Morgan fingerprint density at radius 2 is 2.06 bits per heavy atom. The number of hydrogen-bond acceptors (Lipinski definition) is 2. The number of benzene rings is 1. The molecular weight excluding hydrogens is 294 g/mol. The van der Waals surface area contributed by atoms with Crippen LogP contribution in [0.2, 0.25) is 0 Å². The van der Waals surface area contributed by atoms with Crippen LogP contribution in [0.15, 0.2) is 28.7 Å². The van der Waals surface area contributed by atoms with Crippen molar-refractivity contribution in [2.75, 3.05) is 31.5 Å². The van der Waals surface area contributed by atoms with Crippen LogP contribution in [0.5, 0.6) is 0 Å². The van der Waals surface area contributed by atoms with Gasteiger partial charge in [0.15, 0.2) is 0 Å². The lowest BCUT2D eigenvalue weighted by Gasteiger charge is -2.18. The number of amides is 2. The van der Waals surface area contributed by atoms with Crippen LogP contribution in [0.1, 0.15) is 13.8 Å². The summed E-state index contributed by atoms with van der Waals surface area (Å²) in [5, 5.41) is 5.64. The Kier molecular flexibility index (Phi) is 6.75. The number of rotatable bonds is 6. The number of carbonyl (C=O) groups excluding carboxylic acids is 1. The van der Waals surface area contributed by atoms with E-state index >= 15 is 0 Å². The quantitative estimate of drug-likeness (QED) is 0.848. The van der Waals surface area contributed by atoms with Crippen molar-refractivity contribution in [1.82, 2.24) is 10.2 Å². The van der Waals surface area contributed by atoms with Crippen molar-refractivity contribution in [1.29, 1.82) is 0 Å². The molecule has 0 heterocycles. The van der Waals surface area contributed by atoms with Gasteiger partial charge in [-0.15, -0.1) is 0 Å². The van der Waals surface area contributed by atoms with E-state index in [-0.39, 0.29) is 6.03 Å². The molecule has 0 bridgehead atoms. The van der Waals surface area contributed by atoms with Crippen LogP contribution < -0.4 is 10.6 Å². The summed E-state index contributed by atoms with van der Waals surface area (Å²) in [5.41, 5.74) is 0.782. The largest absolute Gasteiger partial charge is 0.337 e. The van der Waals surface area contributed by atoms with Gasteiger partial charge in [0.2, 0.25) is 0 Å². The van der Waals surface area contributed by atoms with Gasteiger partial charge in [-0.3, -0.25) is 0 Å². The molecule has 0 saturated carbocycles. The van der Waals surface area contributed by atoms with E-state index in [1.165, 1.54) is 0 Å². The average Bonchev–Trinajstić information content (AvgIpc) is 2.34. The van der Waals surface area contributed by atoms with Crippen LogP contribution in [0.25, 0.3) is 0 Å². The Balaban J connectivity index is 2.29. The van der Waals surface area contributed by atoms with E-state index in [1.807, 2.05) is 24.3 Å². The number of urea groups is 1. The van der Waals surface area contributed by atoms with Crippen LogP contribution in [-0.2, 0) is 0 Å². The fraction of sp³-hybridized carbons (Fsp3) is 0.462. The molecular formula is C13H20BrN3O. The van der Waals surface area contributed by atoms with E-state index in [0.717, 1.165) is 29.8 Å². The molecule has 0 aliphatic rings. The molecule has 5 heteroatoms. The minimum atomic E-state index is -0.166. The summed E-state index contributed by atoms with van der Waals surface area (Å²) >= 11 is 3.36. The summed E-state index contributed by atoms with van der Waals surface area (Å²) in [4.78, 5) is 13.9. The van der Waals surface area contributed by atoms with Crippen LogP contribution in [-0.4, -0.2) is 37.1 Å². The molecule has 0 atom stereocenters. The second-order valence-electron chi connectivity index (χ2n) is 3.92. The van der Waals surface area contributed by atoms with E-state index in [2.05, 4.69) is 45.3 Å². The average molecular weight is 314 g/mol. The van der Waals surface area contributed by atoms with Crippen LogP contribution in [0.3, 0.4) is 0 Å². The molecule has 0 unspecified atom stereocenters. The summed E-state index contributed by atoms with van der Waals surface area (Å²) in [7, 11) is 0. The summed E-state index contributed by atoms with van der Waals surface area (Å²) in [5.74, 6) is 0. The highest BCUT2D eigenvalue weighted by atomic mass is 79.9. The van der Waals surface area contributed by atoms with Crippen molar-refractivity contribution in [2.24, 2.45) is 0 Å². The standard InChI is InChI=1S/C13H20BrN3O/c1-3-17(4-2)9-8-15-13(18)16-12-7-5-6-11(14)10-12/h5-7,10H,3-4,8-9H2,1-2H3,(H2,15,16,18). The predicted molar refractivity (Wildman–Crippen MR) is 79.0 cm³/mol. The number of nitrogens with zero attached hydrogens (tertiary/aromatic N) is 1. The molecule has 0 aliphatic heterocycles. The molecule has 1 aromatic carbocycles. The smallest absolute Gasteiger partial charge is 0.319 e. The molecule has 0 radical (unpaired) electrons. The third-order valence-electron chi connectivity index (χ3n) is 2.69. The lowest BCUT2D eigenvalue weighted by atomic mass is 10.3. The molecule has 0 aliphatic carbocycles. The summed E-state index contributed by atoms with van der Waals surface area (Å²) < 4.78 is 0.948.